The number of hydrogen-bond acceptors (Lipinski definition) is 4. The molecule has 2 rings (SSSR count). The summed E-state index contributed by atoms with van der Waals surface area (Å²) in [6, 6.07) is 8.85. The van der Waals surface area contributed by atoms with Crippen molar-refractivity contribution < 1.29 is 15.0 Å². The molecule has 0 atom stereocenters. The highest BCUT2D eigenvalue weighted by atomic mass is 16.3. The first kappa shape index (κ1) is 14.2. The Morgan fingerprint density at radius 2 is 1.80 bits per heavy atom. The van der Waals surface area contributed by atoms with Gasteiger partial charge in [0.25, 0.3) is 5.91 Å². The summed E-state index contributed by atoms with van der Waals surface area (Å²) in [5.41, 5.74) is 1.38. The summed E-state index contributed by atoms with van der Waals surface area (Å²) in [6.07, 6.45) is 3.50. The number of carbonyl (C=O) groups is 1. The number of aromatic nitrogens is 2. The van der Waals surface area contributed by atoms with Gasteiger partial charge >= 0.3 is 0 Å². The normalized spacial score (nSPS) is 10.5. The van der Waals surface area contributed by atoms with Gasteiger partial charge in [0.05, 0.1) is 18.9 Å². The summed E-state index contributed by atoms with van der Waals surface area (Å²) in [5.74, 6) is -0.208. The molecule has 1 aromatic heterocycles. The van der Waals surface area contributed by atoms with Gasteiger partial charge in [0.1, 0.15) is 0 Å². The minimum atomic E-state index is -0.208. The predicted octanol–water partition coefficient (Wildman–Crippen LogP) is 0.299. The maximum absolute atomic E-state index is 12.2. The molecule has 2 N–H and O–H groups in total. The zero-order valence-electron chi connectivity index (χ0n) is 11.0. The van der Waals surface area contributed by atoms with Crippen LogP contribution < -0.4 is 0 Å². The van der Waals surface area contributed by atoms with E-state index in [1.165, 1.54) is 4.90 Å². The molecule has 6 nitrogen and oxygen atoms in total. The van der Waals surface area contributed by atoms with E-state index in [-0.39, 0.29) is 32.2 Å². The zero-order valence-corrected chi connectivity index (χ0v) is 11.0. The van der Waals surface area contributed by atoms with Gasteiger partial charge in [-0.25, -0.2) is 4.68 Å². The minimum Gasteiger partial charge on any atom is -0.395 e. The summed E-state index contributed by atoms with van der Waals surface area (Å²) in [4.78, 5) is 13.6. The monoisotopic (exact) mass is 275 g/mol. The van der Waals surface area contributed by atoms with Gasteiger partial charge in [0, 0.05) is 31.0 Å². The maximum atomic E-state index is 12.2. The Balaban J connectivity index is 2.14. The van der Waals surface area contributed by atoms with Crippen molar-refractivity contribution in [2.45, 2.75) is 0 Å². The summed E-state index contributed by atoms with van der Waals surface area (Å²) < 4.78 is 1.70. The fraction of sp³-hybridized carbons (Fsp3) is 0.286. The molecule has 106 valence electrons. The van der Waals surface area contributed by atoms with E-state index in [1.54, 1.807) is 35.1 Å². The molecule has 1 heterocycles. The van der Waals surface area contributed by atoms with E-state index >= 15 is 0 Å². The molecule has 0 fully saturated rings. The molecule has 0 spiro atoms. The van der Waals surface area contributed by atoms with Crippen LogP contribution in [0.3, 0.4) is 0 Å². The van der Waals surface area contributed by atoms with E-state index < -0.39 is 0 Å². The lowest BCUT2D eigenvalue weighted by Gasteiger charge is -2.20. The van der Waals surface area contributed by atoms with Crippen LogP contribution in [0.25, 0.3) is 5.69 Å². The van der Waals surface area contributed by atoms with Crippen LogP contribution in [0.1, 0.15) is 10.4 Å². The van der Waals surface area contributed by atoms with Crippen LogP contribution in [0, 0.1) is 0 Å². The van der Waals surface area contributed by atoms with Gasteiger partial charge in [0.2, 0.25) is 0 Å². The third-order valence-corrected chi connectivity index (χ3v) is 2.91. The summed E-state index contributed by atoms with van der Waals surface area (Å²) in [5, 5.41) is 22.0. The van der Waals surface area contributed by atoms with Gasteiger partial charge < -0.3 is 15.1 Å². The molecule has 0 aliphatic heterocycles. The number of rotatable bonds is 6. The van der Waals surface area contributed by atoms with Crippen molar-refractivity contribution in [3.63, 3.8) is 0 Å². The van der Waals surface area contributed by atoms with Gasteiger partial charge in [-0.15, -0.1) is 0 Å². The van der Waals surface area contributed by atoms with E-state index in [9.17, 15) is 4.79 Å². The lowest BCUT2D eigenvalue weighted by atomic mass is 10.2. The van der Waals surface area contributed by atoms with Crippen molar-refractivity contribution in [1.82, 2.24) is 14.7 Å². The third-order valence-electron chi connectivity index (χ3n) is 2.91. The highest BCUT2D eigenvalue weighted by Gasteiger charge is 2.14. The van der Waals surface area contributed by atoms with Crippen molar-refractivity contribution in [3.05, 3.63) is 48.3 Å². The van der Waals surface area contributed by atoms with Crippen LogP contribution in [0.15, 0.2) is 42.7 Å². The molecule has 0 saturated heterocycles. The van der Waals surface area contributed by atoms with Gasteiger partial charge in [-0.1, -0.05) is 0 Å². The molecule has 0 aliphatic rings. The lowest BCUT2D eigenvalue weighted by Crippen LogP contribution is -2.35. The molecule has 6 heteroatoms. The van der Waals surface area contributed by atoms with Crippen LogP contribution in [0.5, 0.6) is 0 Å². The van der Waals surface area contributed by atoms with Gasteiger partial charge in [0.15, 0.2) is 0 Å². The number of benzene rings is 1. The average Bonchev–Trinajstić information content (AvgIpc) is 3.01. The van der Waals surface area contributed by atoms with Crippen LogP contribution in [-0.4, -0.2) is 57.1 Å². The SMILES string of the molecule is O=C(c1ccc(-n2cccn2)cc1)N(CCO)CCO. The summed E-state index contributed by atoms with van der Waals surface area (Å²) in [6.45, 7) is 0.162. The molecule has 0 saturated carbocycles. The van der Waals surface area contributed by atoms with Crippen LogP contribution in [-0.2, 0) is 0 Å². The Kier molecular flexibility index (Phi) is 4.86. The van der Waals surface area contributed by atoms with E-state index in [1.807, 2.05) is 12.3 Å². The molecule has 0 aliphatic carbocycles. The molecular formula is C14H17N3O3. The van der Waals surface area contributed by atoms with Crippen LogP contribution in [0.2, 0.25) is 0 Å². The van der Waals surface area contributed by atoms with Crippen LogP contribution in [0.4, 0.5) is 0 Å². The molecule has 1 aromatic carbocycles. The zero-order chi connectivity index (χ0) is 14.4. The maximum Gasteiger partial charge on any atom is 0.254 e. The minimum absolute atomic E-state index is 0.128. The number of aliphatic hydroxyl groups excluding tert-OH is 2. The van der Waals surface area contributed by atoms with Crippen LogP contribution >= 0.6 is 0 Å². The Bertz CT molecular complexity index is 531. The molecule has 0 unspecified atom stereocenters. The molecule has 2 aromatic rings. The fourth-order valence-corrected chi connectivity index (χ4v) is 1.92. The smallest absolute Gasteiger partial charge is 0.254 e. The first-order valence-corrected chi connectivity index (χ1v) is 6.37. The molecule has 1 amide bonds. The Labute approximate surface area is 116 Å². The van der Waals surface area contributed by atoms with E-state index in [0.717, 1.165) is 5.69 Å². The Morgan fingerprint density at radius 1 is 1.15 bits per heavy atom. The number of amides is 1. The molecule has 0 radical (unpaired) electrons. The van der Waals surface area contributed by atoms with Crippen molar-refractivity contribution in [3.8, 4) is 5.69 Å². The average molecular weight is 275 g/mol. The summed E-state index contributed by atoms with van der Waals surface area (Å²) in [7, 11) is 0. The van der Waals surface area contributed by atoms with Gasteiger partial charge in [-0.3, -0.25) is 4.79 Å². The second kappa shape index (κ2) is 6.83. The van der Waals surface area contributed by atoms with Gasteiger partial charge in [-0.05, 0) is 30.3 Å². The molecule has 20 heavy (non-hydrogen) atoms. The number of carbonyl (C=O) groups excluding carboxylic acids is 1. The Hall–Kier alpha value is -2.18. The number of hydrogen-bond donors (Lipinski definition) is 2. The first-order chi connectivity index (χ1) is 9.76. The largest absolute Gasteiger partial charge is 0.395 e. The third kappa shape index (κ3) is 3.23. The van der Waals surface area contributed by atoms with Crippen molar-refractivity contribution >= 4 is 5.91 Å². The number of aliphatic hydroxyl groups is 2. The van der Waals surface area contributed by atoms with E-state index in [2.05, 4.69) is 5.10 Å². The second-order valence-electron chi connectivity index (χ2n) is 4.24. The molecular weight excluding hydrogens is 258 g/mol. The van der Waals surface area contributed by atoms with E-state index in [4.69, 9.17) is 10.2 Å². The second-order valence-corrected chi connectivity index (χ2v) is 4.24. The lowest BCUT2D eigenvalue weighted by molar-refractivity contribution is 0.0685. The van der Waals surface area contributed by atoms with Crippen molar-refractivity contribution in [1.29, 1.82) is 0 Å². The molecule has 0 bridgehead atoms. The Morgan fingerprint density at radius 3 is 2.30 bits per heavy atom. The van der Waals surface area contributed by atoms with Crippen molar-refractivity contribution in [2.75, 3.05) is 26.3 Å². The summed E-state index contributed by atoms with van der Waals surface area (Å²) >= 11 is 0. The fourth-order valence-electron chi connectivity index (χ4n) is 1.92. The van der Waals surface area contributed by atoms with Crippen molar-refractivity contribution in [2.24, 2.45) is 0 Å². The topological polar surface area (TPSA) is 78.6 Å². The highest BCUT2D eigenvalue weighted by Crippen LogP contribution is 2.10. The standard InChI is InChI=1S/C14H17N3O3/c18-10-8-16(9-11-19)14(20)12-2-4-13(5-3-12)17-7-1-6-15-17/h1-7,18-19H,8-11H2. The van der Waals surface area contributed by atoms with Gasteiger partial charge in [-0.2, -0.15) is 5.10 Å². The quantitative estimate of drug-likeness (QED) is 0.794. The predicted molar refractivity (Wildman–Crippen MR) is 73.6 cm³/mol. The van der Waals surface area contributed by atoms with E-state index in [0.29, 0.717) is 5.56 Å². The first-order valence-electron chi connectivity index (χ1n) is 6.37. The highest BCUT2D eigenvalue weighted by molar-refractivity contribution is 5.94. The number of nitrogens with zero attached hydrogens (tertiary/aromatic N) is 3.